The zero-order valence-corrected chi connectivity index (χ0v) is 11.7. The number of hydrogen-bond donors (Lipinski definition) is 0. The van der Waals surface area contributed by atoms with Crippen molar-refractivity contribution in [2.24, 2.45) is 5.92 Å². The highest BCUT2D eigenvalue weighted by Gasteiger charge is 2.22. The van der Waals surface area contributed by atoms with E-state index in [2.05, 4.69) is 11.9 Å². The van der Waals surface area contributed by atoms with Gasteiger partial charge < -0.3 is 4.74 Å². The molecular formula is C13H15Cl2NO2. The van der Waals surface area contributed by atoms with Crippen molar-refractivity contribution in [3.8, 4) is 0 Å². The summed E-state index contributed by atoms with van der Waals surface area (Å²) in [7, 11) is 0. The minimum atomic E-state index is -0.374. The molecule has 18 heavy (non-hydrogen) atoms. The van der Waals surface area contributed by atoms with Gasteiger partial charge in [0.15, 0.2) is 0 Å². The van der Waals surface area contributed by atoms with E-state index in [0.29, 0.717) is 5.56 Å². The fourth-order valence-corrected chi connectivity index (χ4v) is 2.61. The second kappa shape index (κ2) is 5.89. The lowest BCUT2D eigenvalue weighted by molar-refractivity contribution is 0.0173. The molecule has 1 aromatic rings. The SMILES string of the molecule is CC1CCC(OC(=O)c2cc(Cl)nc(Cl)c2)CC1. The van der Waals surface area contributed by atoms with Crippen LogP contribution >= 0.6 is 23.2 Å². The van der Waals surface area contributed by atoms with E-state index in [0.717, 1.165) is 31.6 Å². The summed E-state index contributed by atoms with van der Waals surface area (Å²) >= 11 is 11.5. The van der Waals surface area contributed by atoms with Gasteiger partial charge in [-0.3, -0.25) is 0 Å². The molecule has 1 heterocycles. The van der Waals surface area contributed by atoms with Crippen LogP contribution in [0.2, 0.25) is 10.3 Å². The quantitative estimate of drug-likeness (QED) is 0.607. The zero-order valence-electron chi connectivity index (χ0n) is 10.2. The number of esters is 1. The summed E-state index contributed by atoms with van der Waals surface area (Å²) in [6, 6.07) is 2.95. The van der Waals surface area contributed by atoms with Gasteiger partial charge in [-0.25, -0.2) is 9.78 Å². The van der Waals surface area contributed by atoms with Crippen molar-refractivity contribution in [2.75, 3.05) is 0 Å². The second-order valence-corrected chi connectivity index (χ2v) is 5.56. The third kappa shape index (κ3) is 3.59. The van der Waals surface area contributed by atoms with Gasteiger partial charge in [0.25, 0.3) is 0 Å². The molecule has 1 saturated carbocycles. The average Bonchev–Trinajstić information content (AvgIpc) is 2.31. The van der Waals surface area contributed by atoms with Crippen LogP contribution in [0.1, 0.15) is 43.0 Å². The van der Waals surface area contributed by atoms with E-state index in [9.17, 15) is 4.79 Å². The van der Waals surface area contributed by atoms with Crippen LogP contribution in [0.25, 0.3) is 0 Å². The number of rotatable bonds is 2. The largest absolute Gasteiger partial charge is 0.459 e. The summed E-state index contributed by atoms with van der Waals surface area (Å²) in [6.45, 7) is 2.22. The highest BCUT2D eigenvalue weighted by molar-refractivity contribution is 6.32. The van der Waals surface area contributed by atoms with Crippen molar-refractivity contribution in [1.29, 1.82) is 0 Å². The topological polar surface area (TPSA) is 39.2 Å². The number of hydrogen-bond acceptors (Lipinski definition) is 3. The molecule has 0 saturated heterocycles. The van der Waals surface area contributed by atoms with Crippen molar-refractivity contribution in [3.05, 3.63) is 28.0 Å². The van der Waals surface area contributed by atoms with Crippen LogP contribution in [0.5, 0.6) is 0 Å². The summed E-state index contributed by atoms with van der Waals surface area (Å²) in [5, 5.41) is 0.401. The van der Waals surface area contributed by atoms with Gasteiger partial charge in [0.2, 0.25) is 0 Å². The van der Waals surface area contributed by atoms with E-state index < -0.39 is 0 Å². The predicted octanol–water partition coefficient (Wildman–Crippen LogP) is 4.12. The van der Waals surface area contributed by atoms with Crippen LogP contribution in [0.4, 0.5) is 0 Å². The fraction of sp³-hybridized carbons (Fsp3) is 0.538. The molecule has 5 heteroatoms. The molecule has 0 aliphatic heterocycles. The minimum Gasteiger partial charge on any atom is -0.459 e. The molecule has 0 unspecified atom stereocenters. The average molecular weight is 288 g/mol. The van der Waals surface area contributed by atoms with Crippen molar-refractivity contribution in [1.82, 2.24) is 4.98 Å². The Bertz CT molecular complexity index is 422. The van der Waals surface area contributed by atoms with Gasteiger partial charge in [0, 0.05) is 0 Å². The number of pyridine rings is 1. The van der Waals surface area contributed by atoms with Crippen LogP contribution < -0.4 is 0 Å². The Morgan fingerprint density at radius 1 is 1.22 bits per heavy atom. The standard InChI is InChI=1S/C13H15Cl2NO2/c1-8-2-4-10(5-3-8)18-13(17)9-6-11(14)16-12(15)7-9/h6-8,10H,2-5H2,1H3. The molecule has 1 fully saturated rings. The highest BCUT2D eigenvalue weighted by Crippen LogP contribution is 2.26. The van der Waals surface area contributed by atoms with Gasteiger partial charge in [-0.15, -0.1) is 0 Å². The molecule has 0 spiro atoms. The van der Waals surface area contributed by atoms with Crippen LogP contribution in [-0.2, 0) is 4.74 Å². The third-order valence-corrected chi connectivity index (χ3v) is 3.62. The van der Waals surface area contributed by atoms with Gasteiger partial charge in [-0.05, 0) is 43.7 Å². The molecule has 3 nitrogen and oxygen atoms in total. The minimum absolute atomic E-state index is 0.0133. The Kier molecular flexibility index (Phi) is 4.46. The van der Waals surface area contributed by atoms with Gasteiger partial charge >= 0.3 is 5.97 Å². The Morgan fingerprint density at radius 3 is 2.33 bits per heavy atom. The van der Waals surface area contributed by atoms with Crippen molar-refractivity contribution in [3.63, 3.8) is 0 Å². The molecule has 0 amide bonds. The summed E-state index contributed by atoms with van der Waals surface area (Å²) in [5.74, 6) is 0.352. The van der Waals surface area contributed by atoms with E-state index in [1.165, 1.54) is 12.1 Å². The molecule has 0 N–H and O–H groups in total. The number of halogens is 2. The molecule has 1 aliphatic rings. The van der Waals surface area contributed by atoms with E-state index in [4.69, 9.17) is 27.9 Å². The Hall–Kier alpha value is -0.800. The molecule has 0 aromatic carbocycles. The molecule has 0 bridgehead atoms. The summed E-state index contributed by atoms with van der Waals surface area (Å²) in [6.07, 6.45) is 4.09. The second-order valence-electron chi connectivity index (χ2n) is 4.79. The number of aromatic nitrogens is 1. The Balaban J connectivity index is 1.99. The summed E-state index contributed by atoms with van der Waals surface area (Å²) in [5.41, 5.74) is 0.360. The van der Waals surface area contributed by atoms with E-state index in [-0.39, 0.29) is 22.4 Å². The lowest BCUT2D eigenvalue weighted by Gasteiger charge is -2.25. The van der Waals surface area contributed by atoms with Crippen LogP contribution in [0, 0.1) is 5.92 Å². The van der Waals surface area contributed by atoms with Gasteiger partial charge in [0.05, 0.1) is 5.56 Å². The highest BCUT2D eigenvalue weighted by atomic mass is 35.5. The van der Waals surface area contributed by atoms with Gasteiger partial charge in [0.1, 0.15) is 16.4 Å². The van der Waals surface area contributed by atoms with Crippen molar-refractivity contribution in [2.45, 2.75) is 38.7 Å². The monoisotopic (exact) mass is 287 g/mol. The first-order valence-corrected chi connectivity index (χ1v) is 6.84. The van der Waals surface area contributed by atoms with Gasteiger partial charge in [-0.1, -0.05) is 30.1 Å². The van der Waals surface area contributed by atoms with E-state index in [1.54, 1.807) is 0 Å². The lowest BCUT2D eigenvalue weighted by Crippen LogP contribution is -2.23. The van der Waals surface area contributed by atoms with Crippen molar-refractivity contribution >= 4 is 29.2 Å². The normalized spacial score (nSPS) is 23.7. The van der Waals surface area contributed by atoms with Gasteiger partial charge in [-0.2, -0.15) is 0 Å². The maximum atomic E-state index is 11.9. The van der Waals surface area contributed by atoms with E-state index >= 15 is 0 Å². The molecular weight excluding hydrogens is 273 g/mol. The number of ether oxygens (including phenoxy) is 1. The predicted molar refractivity (Wildman–Crippen MR) is 71.1 cm³/mol. The summed E-state index contributed by atoms with van der Waals surface area (Å²) in [4.78, 5) is 15.7. The van der Waals surface area contributed by atoms with Crippen molar-refractivity contribution < 1.29 is 9.53 Å². The number of nitrogens with zero attached hydrogens (tertiary/aromatic N) is 1. The molecule has 0 atom stereocenters. The first-order chi connectivity index (χ1) is 8.54. The molecule has 2 rings (SSSR count). The Morgan fingerprint density at radius 2 is 1.78 bits per heavy atom. The fourth-order valence-electron chi connectivity index (χ4n) is 2.15. The maximum Gasteiger partial charge on any atom is 0.338 e. The Labute approximate surface area is 116 Å². The maximum absolute atomic E-state index is 11.9. The molecule has 1 aliphatic carbocycles. The molecule has 98 valence electrons. The number of carbonyl (C=O) groups is 1. The smallest absolute Gasteiger partial charge is 0.338 e. The third-order valence-electron chi connectivity index (χ3n) is 3.24. The van der Waals surface area contributed by atoms with E-state index in [1.807, 2.05) is 0 Å². The zero-order chi connectivity index (χ0) is 13.1. The van der Waals surface area contributed by atoms with Crippen LogP contribution in [-0.4, -0.2) is 17.1 Å². The van der Waals surface area contributed by atoms with Crippen LogP contribution in [0.15, 0.2) is 12.1 Å². The first-order valence-electron chi connectivity index (χ1n) is 6.08. The first kappa shape index (κ1) is 13.6. The number of carbonyl (C=O) groups excluding carboxylic acids is 1. The summed E-state index contributed by atoms with van der Waals surface area (Å²) < 4.78 is 5.45. The van der Waals surface area contributed by atoms with Crippen LogP contribution in [0.3, 0.4) is 0 Å². The molecule has 1 aromatic heterocycles. The lowest BCUT2D eigenvalue weighted by atomic mass is 9.89. The molecule has 0 radical (unpaired) electrons.